The lowest BCUT2D eigenvalue weighted by Gasteiger charge is -2.35. The molecule has 118 valence electrons. The number of fused-ring (bicyclic) bond motifs is 1. The maximum Gasteiger partial charge on any atom is 0.261 e. The van der Waals surface area contributed by atoms with Crippen molar-refractivity contribution in [1.82, 2.24) is 15.5 Å². The van der Waals surface area contributed by atoms with Gasteiger partial charge in [0, 0.05) is 12.6 Å². The molecule has 1 aromatic rings. The lowest BCUT2D eigenvalue weighted by Crippen LogP contribution is -2.64. The number of hydrogen-bond acceptors (Lipinski definition) is 5. The third-order valence-corrected chi connectivity index (χ3v) is 4.88. The number of carbonyl (C=O) groups excluding carboxylic acids is 3. The smallest absolute Gasteiger partial charge is 0.261 e. The number of carbonyl (C=O) groups is 3. The van der Waals surface area contributed by atoms with Gasteiger partial charge in [-0.25, -0.2) is 0 Å². The van der Waals surface area contributed by atoms with E-state index in [4.69, 9.17) is 0 Å². The molecule has 2 saturated heterocycles. The van der Waals surface area contributed by atoms with Crippen LogP contribution in [0.4, 0.5) is 0 Å². The van der Waals surface area contributed by atoms with Crippen molar-refractivity contribution in [2.75, 3.05) is 6.54 Å². The van der Waals surface area contributed by atoms with E-state index in [1.165, 1.54) is 23.2 Å². The molecule has 7 nitrogen and oxygen atoms in total. The Kier molecular flexibility index (Phi) is 3.88. The predicted molar refractivity (Wildman–Crippen MR) is 79.3 cm³/mol. The number of rotatable bonds is 3. The molecule has 0 spiro atoms. The van der Waals surface area contributed by atoms with Crippen LogP contribution in [0.2, 0.25) is 0 Å². The van der Waals surface area contributed by atoms with Gasteiger partial charge >= 0.3 is 0 Å². The van der Waals surface area contributed by atoms with Gasteiger partial charge in [0.15, 0.2) is 0 Å². The molecule has 3 heterocycles. The van der Waals surface area contributed by atoms with E-state index in [-0.39, 0.29) is 30.3 Å². The minimum atomic E-state index is -0.947. The van der Waals surface area contributed by atoms with Crippen molar-refractivity contribution in [3.8, 4) is 0 Å². The van der Waals surface area contributed by atoms with Crippen molar-refractivity contribution in [2.45, 2.75) is 37.6 Å². The van der Waals surface area contributed by atoms with Crippen molar-refractivity contribution in [2.24, 2.45) is 0 Å². The molecule has 2 fully saturated rings. The number of aliphatic hydroxyl groups excluding tert-OH is 1. The number of piperazine rings is 1. The molecule has 0 saturated carbocycles. The molecule has 3 rings (SSSR count). The van der Waals surface area contributed by atoms with Gasteiger partial charge in [-0.3, -0.25) is 14.4 Å². The molecule has 2 aliphatic heterocycles. The predicted octanol–water partition coefficient (Wildman–Crippen LogP) is -0.673. The zero-order valence-corrected chi connectivity index (χ0v) is 12.8. The summed E-state index contributed by atoms with van der Waals surface area (Å²) in [6, 6.07) is 1.78. The average molecular weight is 323 g/mol. The van der Waals surface area contributed by atoms with Gasteiger partial charge in [-0.1, -0.05) is 6.07 Å². The Morgan fingerprint density at radius 2 is 2.32 bits per heavy atom. The van der Waals surface area contributed by atoms with Gasteiger partial charge in [-0.2, -0.15) is 0 Å². The van der Waals surface area contributed by atoms with Gasteiger partial charge in [0.05, 0.1) is 11.0 Å². The summed E-state index contributed by atoms with van der Waals surface area (Å²) in [5.41, 5.74) is 0. The van der Waals surface area contributed by atoms with E-state index in [2.05, 4.69) is 10.6 Å². The molecule has 0 aliphatic carbocycles. The molecule has 8 heteroatoms. The summed E-state index contributed by atoms with van der Waals surface area (Å²) in [6.07, 6.45) is -0.557. The van der Waals surface area contributed by atoms with Crippen LogP contribution in [0.1, 0.15) is 23.0 Å². The number of nitrogens with zero attached hydrogens (tertiary/aromatic N) is 1. The highest BCUT2D eigenvalue weighted by atomic mass is 32.1. The second-order valence-corrected chi connectivity index (χ2v) is 6.56. The number of nitrogens with one attached hydrogen (secondary N) is 2. The largest absolute Gasteiger partial charge is 0.391 e. The Balaban J connectivity index is 1.69. The van der Waals surface area contributed by atoms with Gasteiger partial charge in [-0.15, -0.1) is 11.3 Å². The highest BCUT2D eigenvalue weighted by Gasteiger charge is 2.47. The van der Waals surface area contributed by atoms with Crippen LogP contribution < -0.4 is 10.6 Å². The first-order valence-corrected chi connectivity index (χ1v) is 7.98. The maximum atomic E-state index is 12.3. The van der Waals surface area contributed by atoms with Gasteiger partial charge < -0.3 is 20.6 Å². The minimum absolute atomic E-state index is 0.195. The van der Waals surface area contributed by atoms with Crippen LogP contribution in [-0.2, 0) is 9.59 Å². The van der Waals surface area contributed by atoms with E-state index >= 15 is 0 Å². The van der Waals surface area contributed by atoms with Crippen LogP contribution in [0.3, 0.4) is 0 Å². The molecular formula is C14H17N3O4S. The van der Waals surface area contributed by atoms with Crippen molar-refractivity contribution < 1.29 is 19.5 Å². The first kappa shape index (κ1) is 15.0. The molecule has 0 aromatic carbocycles. The first-order valence-electron chi connectivity index (χ1n) is 7.10. The second kappa shape index (κ2) is 5.69. The summed E-state index contributed by atoms with van der Waals surface area (Å²) in [6.45, 7) is 1.76. The number of hydrogen-bond donors (Lipinski definition) is 3. The Hall–Kier alpha value is -1.93. The number of aliphatic hydroxyl groups is 1. The van der Waals surface area contributed by atoms with Crippen LogP contribution in [0.5, 0.6) is 0 Å². The van der Waals surface area contributed by atoms with Crippen molar-refractivity contribution in [1.29, 1.82) is 0 Å². The van der Waals surface area contributed by atoms with Crippen LogP contribution in [0, 0.1) is 0 Å². The van der Waals surface area contributed by atoms with Crippen LogP contribution in [-0.4, -0.2) is 58.5 Å². The van der Waals surface area contributed by atoms with Crippen LogP contribution >= 0.6 is 11.3 Å². The third kappa shape index (κ3) is 2.59. The van der Waals surface area contributed by atoms with E-state index in [1.54, 1.807) is 12.1 Å². The number of thiophene rings is 1. The Morgan fingerprint density at radius 3 is 2.95 bits per heavy atom. The summed E-state index contributed by atoms with van der Waals surface area (Å²) in [7, 11) is 0. The van der Waals surface area contributed by atoms with E-state index in [1.807, 2.05) is 5.38 Å². The van der Waals surface area contributed by atoms with Crippen LogP contribution in [0.25, 0.3) is 0 Å². The van der Waals surface area contributed by atoms with Crippen molar-refractivity contribution >= 4 is 29.1 Å². The van der Waals surface area contributed by atoms with E-state index in [0.29, 0.717) is 11.3 Å². The van der Waals surface area contributed by atoms with Gasteiger partial charge in [-0.05, 0) is 24.8 Å². The first-order chi connectivity index (χ1) is 10.5. The summed E-state index contributed by atoms with van der Waals surface area (Å²) >= 11 is 1.34. The molecule has 3 amide bonds. The molecule has 4 atom stereocenters. The van der Waals surface area contributed by atoms with E-state index in [0.717, 1.165) is 0 Å². The normalized spacial score (nSPS) is 29.0. The molecule has 1 aromatic heterocycles. The molecule has 2 aliphatic rings. The maximum absolute atomic E-state index is 12.3. The summed E-state index contributed by atoms with van der Waals surface area (Å²) < 4.78 is 0. The van der Waals surface area contributed by atoms with E-state index in [9.17, 15) is 19.5 Å². The lowest BCUT2D eigenvalue weighted by molar-refractivity contribution is -0.149. The quantitative estimate of drug-likeness (QED) is 0.687. The van der Waals surface area contributed by atoms with Gasteiger partial charge in [0.2, 0.25) is 11.8 Å². The van der Waals surface area contributed by atoms with E-state index < -0.39 is 18.2 Å². The summed E-state index contributed by atoms with van der Waals surface area (Å²) in [5, 5.41) is 16.8. The minimum Gasteiger partial charge on any atom is -0.391 e. The topological polar surface area (TPSA) is 98.7 Å². The lowest BCUT2D eigenvalue weighted by atomic mass is 10.0. The Bertz CT molecular complexity index is 601. The zero-order valence-electron chi connectivity index (χ0n) is 12.0. The molecule has 0 unspecified atom stereocenters. The summed E-state index contributed by atoms with van der Waals surface area (Å²) in [5.74, 6) is -0.773. The fraction of sp³-hybridized carbons (Fsp3) is 0.500. The standard InChI is InChI=1S/C14H17N3O4S/c1-7(18)11-14(21)17-6-8(5-9(17)12(19)16-11)15-13(20)10-3-2-4-22-10/h2-4,7-9,11,18H,5-6H2,1H3,(H,15,20)(H,16,19)/t7-,8+,9+,11+/m1/s1. The second-order valence-electron chi connectivity index (χ2n) is 5.62. The fourth-order valence-corrected chi connectivity index (χ4v) is 3.54. The molecule has 22 heavy (non-hydrogen) atoms. The Labute approximate surface area is 131 Å². The average Bonchev–Trinajstić information content (AvgIpc) is 3.11. The molecule has 0 bridgehead atoms. The SMILES string of the molecule is C[C@@H](O)[C@@H]1NC(=O)[C@@H]2C[C@H](NC(=O)c3cccs3)CN2C1=O. The highest BCUT2D eigenvalue weighted by molar-refractivity contribution is 7.12. The van der Waals surface area contributed by atoms with Crippen molar-refractivity contribution in [3.05, 3.63) is 22.4 Å². The molecule has 0 radical (unpaired) electrons. The monoisotopic (exact) mass is 323 g/mol. The molecule has 3 N–H and O–H groups in total. The molecular weight excluding hydrogens is 306 g/mol. The summed E-state index contributed by atoms with van der Waals surface area (Å²) in [4.78, 5) is 38.5. The van der Waals surface area contributed by atoms with Crippen LogP contribution in [0.15, 0.2) is 17.5 Å². The van der Waals surface area contributed by atoms with Gasteiger partial charge in [0.1, 0.15) is 12.1 Å². The van der Waals surface area contributed by atoms with Gasteiger partial charge in [0.25, 0.3) is 5.91 Å². The highest BCUT2D eigenvalue weighted by Crippen LogP contribution is 2.24. The zero-order chi connectivity index (χ0) is 15.9. The third-order valence-electron chi connectivity index (χ3n) is 4.01. The number of amides is 3. The fourth-order valence-electron chi connectivity index (χ4n) is 2.91. The Morgan fingerprint density at radius 1 is 1.55 bits per heavy atom. The van der Waals surface area contributed by atoms with Crippen molar-refractivity contribution in [3.63, 3.8) is 0 Å².